The van der Waals surface area contributed by atoms with Crippen LogP contribution in [-0.2, 0) is 11.3 Å². The highest BCUT2D eigenvalue weighted by molar-refractivity contribution is 9.09. The van der Waals surface area contributed by atoms with Crippen LogP contribution < -0.4 is 14.4 Å². The van der Waals surface area contributed by atoms with Gasteiger partial charge in [-0.1, -0.05) is 22.0 Å². The highest BCUT2D eigenvalue weighted by Gasteiger charge is 2.33. The molecule has 1 aromatic carbocycles. The standard InChI is InChI=1S/C25H27BrFN5O5/c1-25(2,3)37-24(34)32-21-8-6-7-18(29-21)22-30-28-15-31(22)10-4-5-11-35-19-14-17(27)20(36-12-9-26)13-16(19)23(32)33/h6-8,13-15H,4-5,9-12H2,1-3H3. The molecule has 3 aromatic rings. The minimum absolute atomic E-state index is 0.00145. The van der Waals surface area contributed by atoms with Gasteiger partial charge in [0.2, 0.25) is 0 Å². The van der Waals surface area contributed by atoms with Gasteiger partial charge in [-0.25, -0.2) is 14.2 Å². The molecule has 0 saturated heterocycles. The third-order valence-corrected chi connectivity index (χ3v) is 5.56. The lowest BCUT2D eigenvalue weighted by Gasteiger charge is -2.26. The second-order valence-electron chi connectivity index (χ2n) is 9.22. The molecule has 2 aromatic heterocycles. The third kappa shape index (κ3) is 6.24. The van der Waals surface area contributed by atoms with Gasteiger partial charge in [-0.05, 0) is 51.8 Å². The van der Waals surface area contributed by atoms with E-state index in [2.05, 4.69) is 31.1 Å². The molecule has 0 N–H and O–H groups in total. The van der Waals surface area contributed by atoms with Crippen molar-refractivity contribution >= 4 is 33.7 Å². The molecule has 0 spiro atoms. The van der Waals surface area contributed by atoms with Gasteiger partial charge in [-0.15, -0.1) is 10.2 Å². The largest absolute Gasteiger partial charge is 0.493 e. The van der Waals surface area contributed by atoms with Crippen LogP contribution in [0.5, 0.6) is 11.5 Å². The number of fused-ring (bicyclic) bond motifs is 5. The van der Waals surface area contributed by atoms with Crippen molar-refractivity contribution in [3.8, 4) is 23.0 Å². The first-order chi connectivity index (χ1) is 17.7. The maximum absolute atomic E-state index is 14.8. The number of carbonyl (C=O) groups excluding carboxylic acids is 2. The van der Waals surface area contributed by atoms with E-state index in [1.54, 1.807) is 39.2 Å². The molecule has 196 valence electrons. The zero-order valence-corrected chi connectivity index (χ0v) is 22.3. The van der Waals surface area contributed by atoms with E-state index < -0.39 is 23.4 Å². The number of imide groups is 1. The second-order valence-corrected chi connectivity index (χ2v) is 10.0. The molecule has 37 heavy (non-hydrogen) atoms. The van der Waals surface area contributed by atoms with Crippen LogP contribution in [0.2, 0.25) is 0 Å². The average molecular weight is 576 g/mol. The van der Waals surface area contributed by atoms with Gasteiger partial charge in [-0.2, -0.15) is 4.90 Å². The number of alkyl halides is 1. The van der Waals surface area contributed by atoms with E-state index in [4.69, 9.17) is 14.2 Å². The van der Waals surface area contributed by atoms with Gasteiger partial charge in [0.1, 0.15) is 29.2 Å². The molecular weight excluding hydrogens is 549 g/mol. The number of pyridine rings is 1. The first-order valence-corrected chi connectivity index (χ1v) is 12.9. The van der Waals surface area contributed by atoms with Crippen LogP contribution in [0.4, 0.5) is 15.0 Å². The summed E-state index contributed by atoms with van der Waals surface area (Å²) in [4.78, 5) is 32.7. The molecule has 0 unspecified atom stereocenters. The first kappa shape index (κ1) is 26.5. The number of rotatable bonds is 3. The average Bonchev–Trinajstić information content (AvgIpc) is 3.30. The number of hydrogen-bond donors (Lipinski definition) is 0. The van der Waals surface area contributed by atoms with Gasteiger partial charge >= 0.3 is 6.09 Å². The number of anilines is 1. The van der Waals surface area contributed by atoms with Crippen molar-refractivity contribution in [1.29, 1.82) is 0 Å². The summed E-state index contributed by atoms with van der Waals surface area (Å²) in [6.07, 6.45) is 1.96. The third-order valence-electron chi connectivity index (χ3n) is 5.24. The van der Waals surface area contributed by atoms with Gasteiger partial charge in [0, 0.05) is 17.9 Å². The van der Waals surface area contributed by atoms with Gasteiger partial charge in [0.05, 0.1) is 18.8 Å². The topological polar surface area (TPSA) is 109 Å². The molecule has 12 heteroatoms. The van der Waals surface area contributed by atoms with Crippen molar-refractivity contribution in [1.82, 2.24) is 19.7 Å². The summed E-state index contributed by atoms with van der Waals surface area (Å²) < 4.78 is 33.5. The Hall–Kier alpha value is -3.54. The predicted octanol–water partition coefficient (Wildman–Crippen LogP) is 5.01. The molecule has 0 fully saturated rings. The molecule has 2 bridgehead atoms. The maximum Gasteiger partial charge on any atom is 0.423 e. The Labute approximate surface area is 221 Å². The molecule has 10 nitrogen and oxygen atoms in total. The Morgan fingerprint density at radius 3 is 2.81 bits per heavy atom. The Morgan fingerprint density at radius 2 is 2.05 bits per heavy atom. The van der Waals surface area contributed by atoms with E-state index in [-0.39, 0.29) is 36.1 Å². The molecule has 0 aliphatic carbocycles. The summed E-state index contributed by atoms with van der Waals surface area (Å²) in [5, 5.41) is 8.62. The van der Waals surface area contributed by atoms with Crippen molar-refractivity contribution in [2.24, 2.45) is 0 Å². The molecular formula is C25H27BrFN5O5. The second kappa shape index (κ2) is 11.2. The smallest absolute Gasteiger partial charge is 0.423 e. The van der Waals surface area contributed by atoms with Crippen molar-refractivity contribution in [2.45, 2.75) is 45.8 Å². The monoisotopic (exact) mass is 575 g/mol. The summed E-state index contributed by atoms with van der Waals surface area (Å²) in [5.41, 5.74) is -0.546. The fourth-order valence-corrected chi connectivity index (χ4v) is 3.81. The van der Waals surface area contributed by atoms with Crippen LogP contribution in [0, 0.1) is 5.82 Å². The Balaban J connectivity index is 1.88. The molecule has 0 saturated carbocycles. The number of halogens is 2. The fourth-order valence-electron chi connectivity index (χ4n) is 3.64. The van der Waals surface area contributed by atoms with Gasteiger partial charge in [-0.3, -0.25) is 4.79 Å². The van der Waals surface area contributed by atoms with Crippen LogP contribution >= 0.6 is 15.9 Å². The minimum atomic E-state index is -0.950. The molecule has 2 amide bonds. The van der Waals surface area contributed by atoms with Crippen LogP contribution in [0.25, 0.3) is 11.5 Å². The van der Waals surface area contributed by atoms with Crippen molar-refractivity contribution in [3.63, 3.8) is 0 Å². The van der Waals surface area contributed by atoms with E-state index >= 15 is 0 Å². The van der Waals surface area contributed by atoms with Crippen LogP contribution in [-0.4, -0.2) is 55.9 Å². The molecule has 1 aliphatic heterocycles. The Morgan fingerprint density at radius 1 is 1.24 bits per heavy atom. The van der Waals surface area contributed by atoms with Gasteiger partial charge < -0.3 is 18.8 Å². The highest BCUT2D eigenvalue weighted by Crippen LogP contribution is 2.32. The van der Waals surface area contributed by atoms with Crippen molar-refractivity contribution in [2.75, 3.05) is 23.4 Å². The Bertz CT molecular complexity index is 1290. The number of benzene rings is 1. The maximum atomic E-state index is 14.8. The summed E-state index contributed by atoms with van der Waals surface area (Å²) in [5.74, 6) is -1.16. The zero-order chi connectivity index (χ0) is 26.6. The molecule has 4 rings (SSSR count). The number of carbonyl (C=O) groups is 2. The number of aromatic nitrogens is 4. The Kier molecular flexibility index (Phi) is 8.06. The van der Waals surface area contributed by atoms with E-state index in [0.29, 0.717) is 36.2 Å². The van der Waals surface area contributed by atoms with E-state index in [1.165, 1.54) is 12.1 Å². The highest BCUT2D eigenvalue weighted by atomic mass is 79.9. The lowest BCUT2D eigenvalue weighted by atomic mass is 10.1. The van der Waals surface area contributed by atoms with Crippen LogP contribution in [0.1, 0.15) is 44.0 Å². The van der Waals surface area contributed by atoms with Crippen molar-refractivity contribution < 1.29 is 28.2 Å². The predicted molar refractivity (Wildman–Crippen MR) is 137 cm³/mol. The lowest BCUT2D eigenvalue weighted by Crippen LogP contribution is -2.41. The number of ether oxygens (including phenoxy) is 3. The lowest BCUT2D eigenvalue weighted by molar-refractivity contribution is 0.0562. The van der Waals surface area contributed by atoms with Crippen LogP contribution in [0.3, 0.4) is 0 Å². The van der Waals surface area contributed by atoms with E-state index in [0.717, 1.165) is 11.0 Å². The van der Waals surface area contributed by atoms with Crippen LogP contribution in [0.15, 0.2) is 36.7 Å². The number of hydrogen-bond acceptors (Lipinski definition) is 8. The quantitative estimate of drug-likeness (QED) is 0.401. The molecule has 0 atom stereocenters. The molecule has 3 heterocycles. The molecule has 1 aliphatic rings. The van der Waals surface area contributed by atoms with E-state index in [9.17, 15) is 14.0 Å². The van der Waals surface area contributed by atoms with Crippen molar-refractivity contribution in [3.05, 3.63) is 48.0 Å². The summed E-state index contributed by atoms with van der Waals surface area (Å²) in [6.45, 7) is 6.03. The minimum Gasteiger partial charge on any atom is -0.493 e. The number of amides is 2. The fraction of sp³-hybridized carbons (Fsp3) is 0.400. The van der Waals surface area contributed by atoms with Gasteiger partial charge in [0.15, 0.2) is 17.4 Å². The summed E-state index contributed by atoms with van der Waals surface area (Å²) >= 11 is 3.24. The SMILES string of the molecule is CC(C)(C)OC(=O)N1C(=O)c2cc(OCCBr)c(F)cc2OCCCCn2cnnc2-c2cccc1n2. The van der Waals surface area contributed by atoms with E-state index in [1.807, 2.05) is 4.57 Å². The van der Waals surface area contributed by atoms with Gasteiger partial charge in [0.25, 0.3) is 5.91 Å². The summed E-state index contributed by atoms with van der Waals surface area (Å²) in [6, 6.07) is 7.20. The first-order valence-electron chi connectivity index (χ1n) is 11.8. The zero-order valence-electron chi connectivity index (χ0n) is 20.7. The molecule has 0 radical (unpaired) electrons. The normalized spacial score (nSPS) is 14.2. The number of nitrogens with zero attached hydrogens (tertiary/aromatic N) is 5. The summed E-state index contributed by atoms with van der Waals surface area (Å²) in [7, 11) is 0. The number of aryl methyl sites for hydroxylation is 1.